The minimum Gasteiger partial charge on any atom is -0.490 e. The first-order valence-electron chi connectivity index (χ1n) is 11.0. The monoisotopic (exact) mass is 527 g/mol. The number of anilines is 1. The van der Waals surface area contributed by atoms with Gasteiger partial charge in [0.15, 0.2) is 11.5 Å². The van der Waals surface area contributed by atoms with Crippen LogP contribution in [-0.2, 0) is 17.6 Å². The van der Waals surface area contributed by atoms with Crippen molar-refractivity contribution in [1.82, 2.24) is 0 Å². The van der Waals surface area contributed by atoms with E-state index in [1.54, 1.807) is 12.1 Å². The number of carbonyl (C=O) groups is 1. The van der Waals surface area contributed by atoms with E-state index in [0.29, 0.717) is 38.7 Å². The fourth-order valence-corrected chi connectivity index (χ4v) is 5.38. The average molecular weight is 528 g/mol. The smallest absolute Gasteiger partial charge is 0.266 e. The fourth-order valence-electron chi connectivity index (χ4n) is 3.59. The molecule has 1 aromatic heterocycles. The van der Waals surface area contributed by atoms with Crippen LogP contribution in [0.2, 0.25) is 0 Å². The Morgan fingerprint density at radius 1 is 1.30 bits per heavy atom. The van der Waals surface area contributed by atoms with Gasteiger partial charge in [-0.25, -0.2) is 0 Å². The van der Waals surface area contributed by atoms with Gasteiger partial charge < -0.3 is 14.8 Å². The number of fused-ring (bicyclic) bond motifs is 1. The van der Waals surface area contributed by atoms with Crippen molar-refractivity contribution in [3.05, 3.63) is 43.7 Å². The molecule has 8 heteroatoms. The number of benzene rings is 1. The molecule has 0 unspecified atom stereocenters. The van der Waals surface area contributed by atoms with E-state index in [0.717, 1.165) is 42.5 Å². The molecule has 0 fully saturated rings. The van der Waals surface area contributed by atoms with Crippen LogP contribution in [0.25, 0.3) is 6.08 Å². The highest BCUT2D eigenvalue weighted by molar-refractivity contribution is 9.10. The Kier molecular flexibility index (Phi) is 8.55. The third kappa shape index (κ3) is 5.76. The lowest BCUT2D eigenvalue weighted by molar-refractivity contribution is -0.112. The SMILES string of the molecule is CCOc1cc(/C=C(\C#N)C(=O)Nc2sc3c(c2C#N)CCCC3)cc(Br)c1O[C@@H](C)CC. The summed E-state index contributed by atoms with van der Waals surface area (Å²) in [5.41, 5.74) is 2.12. The van der Waals surface area contributed by atoms with E-state index in [1.807, 2.05) is 26.8 Å². The number of hydrogen-bond acceptors (Lipinski definition) is 6. The standard InChI is InChI=1S/C25H26BrN3O3S/c1-4-15(3)32-23-20(26)11-16(12-21(23)31-5-2)10-17(13-27)24(30)29-25-19(14-28)18-8-6-7-9-22(18)33-25/h10-12,15H,4-9H2,1-3H3,(H,29,30)/b17-10+/t15-/m0/s1. The molecule has 0 spiro atoms. The van der Waals surface area contributed by atoms with Gasteiger partial charge in [0.2, 0.25) is 0 Å². The van der Waals surface area contributed by atoms with Gasteiger partial charge in [0.25, 0.3) is 5.91 Å². The van der Waals surface area contributed by atoms with E-state index < -0.39 is 5.91 Å². The number of nitrogens with one attached hydrogen (secondary N) is 1. The van der Waals surface area contributed by atoms with Gasteiger partial charge in [-0.3, -0.25) is 4.79 Å². The number of carbonyl (C=O) groups excluding carboxylic acids is 1. The van der Waals surface area contributed by atoms with Crippen LogP contribution < -0.4 is 14.8 Å². The van der Waals surface area contributed by atoms with Crippen LogP contribution in [0.3, 0.4) is 0 Å². The molecule has 2 aromatic rings. The highest BCUT2D eigenvalue weighted by Gasteiger charge is 2.23. The average Bonchev–Trinajstić information content (AvgIpc) is 3.16. The number of aryl methyl sites for hydroxylation is 1. The molecule has 0 aliphatic heterocycles. The summed E-state index contributed by atoms with van der Waals surface area (Å²) in [6.07, 6.45) is 6.26. The van der Waals surface area contributed by atoms with Crippen molar-refractivity contribution in [2.45, 2.75) is 59.0 Å². The first-order chi connectivity index (χ1) is 15.9. The summed E-state index contributed by atoms with van der Waals surface area (Å²) in [7, 11) is 0. The summed E-state index contributed by atoms with van der Waals surface area (Å²) in [6.45, 7) is 6.34. The first-order valence-corrected chi connectivity index (χ1v) is 12.6. The minimum absolute atomic E-state index is 0.00768. The van der Waals surface area contributed by atoms with Crippen LogP contribution in [-0.4, -0.2) is 18.6 Å². The lowest BCUT2D eigenvalue weighted by Gasteiger charge is -2.18. The van der Waals surface area contributed by atoms with Crippen molar-refractivity contribution in [3.8, 4) is 23.6 Å². The van der Waals surface area contributed by atoms with Crippen molar-refractivity contribution in [2.24, 2.45) is 0 Å². The Hall–Kier alpha value is -2.81. The third-order valence-corrected chi connectivity index (χ3v) is 7.21. The summed E-state index contributed by atoms with van der Waals surface area (Å²) < 4.78 is 12.4. The van der Waals surface area contributed by atoms with Gasteiger partial charge in [0.05, 0.1) is 22.7 Å². The van der Waals surface area contributed by atoms with Crippen LogP contribution in [0.1, 0.15) is 61.6 Å². The zero-order valence-electron chi connectivity index (χ0n) is 19.0. The van der Waals surface area contributed by atoms with Crippen molar-refractivity contribution < 1.29 is 14.3 Å². The van der Waals surface area contributed by atoms with E-state index >= 15 is 0 Å². The normalized spacial score (nSPS) is 13.9. The van der Waals surface area contributed by atoms with Crippen molar-refractivity contribution in [3.63, 3.8) is 0 Å². The topological polar surface area (TPSA) is 95.1 Å². The second kappa shape index (κ2) is 11.4. The predicted molar refractivity (Wildman–Crippen MR) is 134 cm³/mol. The van der Waals surface area contributed by atoms with E-state index in [9.17, 15) is 15.3 Å². The van der Waals surface area contributed by atoms with Gasteiger partial charge in [-0.1, -0.05) is 6.92 Å². The Labute approximate surface area is 206 Å². The summed E-state index contributed by atoms with van der Waals surface area (Å²) in [5, 5.41) is 22.6. The maximum atomic E-state index is 12.9. The predicted octanol–water partition coefficient (Wildman–Crippen LogP) is 6.38. The Morgan fingerprint density at radius 2 is 2.06 bits per heavy atom. The largest absolute Gasteiger partial charge is 0.490 e. The van der Waals surface area contributed by atoms with Crippen molar-refractivity contribution in [2.75, 3.05) is 11.9 Å². The summed E-state index contributed by atoms with van der Waals surface area (Å²) in [4.78, 5) is 14.1. The number of ether oxygens (including phenoxy) is 2. The molecule has 0 saturated carbocycles. The molecule has 1 aliphatic carbocycles. The highest BCUT2D eigenvalue weighted by atomic mass is 79.9. The number of nitrogens with zero attached hydrogens (tertiary/aromatic N) is 2. The number of halogens is 1. The van der Waals surface area contributed by atoms with Gasteiger partial charge >= 0.3 is 0 Å². The molecule has 33 heavy (non-hydrogen) atoms. The molecule has 6 nitrogen and oxygen atoms in total. The summed E-state index contributed by atoms with van der Waals surface area (Å²) in [5.74, 6) is 0.588. The van der Waals surface area contributed by atoms with Crippen LogP contribution in [0, 0.1) is 22.7 Å². The van der Waals surface area contributed by atoms with Crippen molar-refractivity contribution >= 4 is 44.3 Å². The fraction of sp³-hybridized carbons (Fsp3) is 0.400. The molecule has 1 atom stereocenters. The van der Waals surface area contributed by atoms with E-state index in [1.165, 1.54) is 17.4 Å². The maximum Gasteiger partial charge on any atom is 0.266 e. The van der Waals surface area contributed by atoms with Gasteiger partial charge in [-0.2, -0.15) is 10.5 Å². The number of thiophene rings is 1. The van der Waals surface area contributed by atoms with Gasteiger partial charge in [0.1, 0.15) is 22.7 Å². The number of nitriles is 2. The molecule has 0 saturated heterocycles. The third-order valence-electron chi connectivity index (χ3n) is 5.41. The van der Waals surface area contributed by atoms with E-state index in [4.69, 9.17) is 9.47 Å². The molecule has 172 valence electrons. The Balaban J connectivity index is 1.90. The van der Waals surface area contributed by atoms with Gasteiger partial charge in [-0.15, -0.1) is 11.3 Å². The molecule has 1 N–H and O–H groups in total. The summed E-state index contributed by atoms with van der Waals surface area (Å²) in [6, 6.07) is 7.75. The molecule has 1 aromatic carbocycles. The Morgan fingerprint density at radius 3 is 2.73 bits per heavy atom. The first kappa shape index (κ1) is 24.8. The molecular weight excluding hydrogens is 502 g/mol. The van der Waals surface area contributed by atoms with Crippen LogP contribution >= 0.6 is 27.3 Å². The lowest BCUT2D eigenvalue weighted by Crippen LogP contribution is -2.13. The Bertz CT molecular complexity index is 1160. The molecule has 1 heterocycles. The molecular formula is C25H26BrN3O3S. The second-order valence-corrected chi connectivity index (χ2v) is 9.71. The van der Waals surface area contributed by atoms with Gasteiger partial charge in [-0.05, 0) is 91.2 Å². The zero-order chi connectivity index (χ0) is 24.0. The van der Waals surface area contributed by atoms with E-state index in [-0.39, 0.29) is 11.7 Å². The summed E-state index contributed by atoms with van der Waals surface area (Å²) >= 11 is 4.96. The van der Waals surface area contributed by atoms with Crippen LogP contribution in [0.4, 0.5) is 5.00 Å². The molecule has 0 bridgehead atoms. The molecule has 1 amide bonds. The lowest BCUT2D eigenvalue weighted by atomic mass is 9.96. The zero-order valence-corrected chi connectivity index (χ0v) is 21.4. The molecule has 0 radical (unpaired) electrons. The molecule has 1 aliphatic rings. The highest BCUT2D eigenvalue weighted by Crippen LogP contribution is 2.39. The van der Waals surface area contributed by atoms with Crippen LogP contribution in [0.5, 0.6) is 11.5 Å². The maximum absolute atomic E-state index is 12.9. The quantitative estimate of drug-likeness (QED) is 0.317. The number of hydrogen-bond donors (Lipinski definition) is 1. The van der Waals surface area contributed by atoms with Crippen LogP contribution in [0.15, 0.2) is 22.2 Å². The minimum atomic E-state index is -0.540. The number of amides is 1. The molecule has 3 rings (SSSR count). The number of rotatable bonds is 8. The van der Waals surface area contributed by atoms with E-state index in [2.05, 4.69) is 27.3 Å². The van der Waals surface area contributed by atoms with Gasteiger partial charge in [0, 0.05) is 4.88 Å². The second-order valence-electron chi connectivity index (χ2n) is 7.75. The van der Waals surface area contributed by atoms with Crippen molar-refractivity contribution in [1.29, 1.82) is 10.5 Å².